The first-order chi connectivity index (χ1) is 9.24. The lowest BCUT2D eigenvalue weighted by molar-refractivity contribution is 0.0854. The summed E-state index contributed by atoms with van der Waals surface area (Å²) in [6.45, 7) is 3.35. The maximum absolute atomic E-state index is 12.0. The Hall–Kier alpha value is -1.88. The van der Waals surface area contributed by atoms with Crippen LogP contribution >= 0.6 is 0 Å². The molecule has 1 aliphatic heterocycles. The van der Waals surface area contributed by atoms with E-state index in [1.807, 2.05) is 29.5 Å². The molecule has 1 saturated heterocycles. The first-order valence-electron chi connectivity index (χ1n) is 6.58. The maximum Gasteiger partial charge on any atom is 0.271 e. The molecule has 1 N–H and O–H groups in total. The Morgan fingerprint density at radius 1 is 1.58 bits per heavy atom. The molecule has 0 bridgehead atoms. The Balaban J connectivity index is 1.72. The number of nitrogens with one attached hydrogen (secondary N) is 1. The van der Waals surface area contributed by atoms with Gasteiger partial charge in [0.25, 0.3) is 5.91 Å². The highest BCUT2D eigenvalue weighted by atomic mass is 16.5. The van der Waals surface area contributed by atoms with E-state index in [0.717, 1.165) is 30.8 Å². The smallest absolute Gasteiger partial charge is 0.271 e. The molecule has 100 valence electrons. The third-order valence-corrected chi connectivity index (χ3v) is 3.44. The average molecular weight is 259 g/mol. The summed E-state index contributed by atoms with van der Waals surface area (Å²) < 4.78 is 7.39. The van der Waals surface area contributed by atoms with Crippen LogP contribution in [0.4, 0.5) is 0 Å². The van der Waals surface area contributed by atoms with Gasteiger partial charge in [0.2, 0.25) is 0 Å². The average Bonchev–Trinajstić information content (AvgIpc) is 3.05. The molecule has 3 rings (SSSR count). The van der Waals surface area contributed by atoms with Crippen LogP contribution < -0.4 is 5.32 Å². The Kier molecular flexibility index (Phi) is 3.21. The van der Waals surface area contributed by atoms with Crippen LogP contribution in [0.15, 0.2) is 24.4 Å². The van der Waals surface area contributed by atoms with Crippen LogP contribution in [0, 0.1) is 6.92 Å². The summed E-state index contributed by atoms with van der Waals surface area (Å²) in [6.07, 6.45) is 4.02. The van der Waals surface area contributed by atoms with Crippen molar-refractivity contribution in [3.05, 3.63) is 35.8 Å². The van der Waals surface area contributed by atoms with Gasteiger partial charge in [-0.05, 0) is 31.9 Å². The van der Waals surface area contributed by atoms with Crippen LogP contribution in [0.1, 0.15) is 29.0 Å². The highest BCUT2D eigenvalue weighted by molar-refractivity contribution is 5.92. The Bertz CT molecular complexity index is 600. The molecular formula is C14H17N3O2. The fraction of sp³-hybridized carbons (Fsp3) is 0.429. The molecule has 1 aliphatic rings. The van der Waals surface area contributed by atoms with Crippen molar-refractivity contribution in [1.82, 2.24) is 14.7 Å². The summed E-state index contributed by atoms with van der Waals surface area (Å²) in [5, 5.41) is 2.88. The molecule has 1 unspecified atom stereocenters. The second-order valence-corrected chi connectivity index (χ2v) is 4.87. The lowest BCUT2D eigenvalue weighted by atomic mass is 10.2. The summed E-state index contributed by atoms with van der Waals surface area (Å²) in [4.78, 5) is 16.4. The number of nitrogens with zero attached hydrogens (tertiary/aromatic N) is 2. The molecule has 1 amide bonds. The highest BCUT2D eigenvalue weighted by Gasteiger charge is 2.17. The maximum atomic E-state index is 12.0. The van der Waals surface area contributed by atoms with Gasteiger partial charge in [0.15, 0.2) is 0 Å². The van der Waals surface area contributed by atoms with Crippen molar-refractivity contribution in [2.45, 2.75) is 25.9 Å². The third kappa shape index (κ3) is 2.46. The van der Waals surface area contributed by atoms with Gasteiger partial charge in [-0.1, -0.05) is 6.07 Å². The predicted molar refractivity (Wildman–Crippen MR) is 71.2 cm³/mol. The van der Waals surface area contributed by atoms with Crippen LogP contribution in [-0.2, 0) is 4.74 Å². The first kappa shape index (κ1) is 12.2. The minimum atomic E-state index is -0.140. The van der Waals surface area contributed by atoms with E-state index in [-0.39, 0.29) is 12.0 Å². The van der Waals surface area contributed by atoms with Crippen molar-refractivity contribution >= 4 is 11.6 Å². The van der Waals surface area contributed by atoms with Crippen LogP contribution in [-0.4, -0.2) is 34.5 Å². The monoisotopic (exact) mass is 259 g/mol. The lowest BCUT2D eigenvalue weighted by Gasteiger charge is -2.09. The molecule has 0 spiro atoms. The summed E-state index contributed by atoms with van der Waals surface area (Å²) in [6, 6.07) is 5.82. The van der Waals surface area contributed by atoms with E-state index in [1.54, 1.807) is 6.20 Å². The first-order valence-corrected chi connectivity index (χ1v) is 6.58. The van der Waals surface area contributed by atoms with Crippen molar-refractivity contribution in [1.29, 1.82) is 0 Å². The molecule has 3 heterocycles. The van der Waals surface area contributed by atoms with Crippen LogP contribution in [0.2, 0.25) is 0 Å². The number of aryl methyl sites for hydroxylation is 1. The highest BCUT2D eigenvalue weighted by Crippen LogP contribution is 2.11. The van der Waals surface area contributed by atoms with Gasteiger partial charge in [0, 0.05) is 25.0 Å². The molecule has 2 aromatic rings. The Morgan fingerprint density at radius 2 is 2.47 bits per heavy atom. The van der Waals surface area contributed by atoms with Gasteiger partial charge in [0.05, 0.1) is 6.10 Å². The van der Waals surface area contributed by atoms with E-state index in [2.05, 4.69) is 10.3 Å². The molecule has 0 radical (unpaired) electrons. The van der Waals surface area contributed by atoms with Crippen molar-refractivity contribution in [2.24, 2.45) is 0 Å². The van der Waals surface area contributed by atoms with Gasteiger partial charge in [-0.3, -0.25) is 4.79 Å². The standard InChI is InChI=1S/C14H17N3O2/c1-10-4-2-6-13-16-12(9-17(10)13)14(18)15-8-11-5-3-7-19-11/h2,4,6,9,11H,3,5,7-8H2,1H3,(H,15,18). The van der Waals surface area contributed by atoms with Crippen molar-refractivity contribution in [3.8, 4) is 0 Å². The number of carbonyl (C=O) groups excluding carboxylic acids is 1. The summed E-state index contributed by atoms with van der Waals surface area (Å²) >= 11 is 0. The van der Waals surface area contributed by atoms with Crippen molar-refractivity contribution in [2.75, 3.05) is 13.2 Å². The Labute approximate surface area is 111 Å². The second kappa shape index (κ2) is 5.01. The third-order valence-electron chi connectivity index (χ3n) is 3.44. The zero-order valence-corrected chi connectivity index (χ0v) is 10.9. The van der Waals surface area contributed by atoms with E-state index in [9.17, 15) is 4.79 Å². The minimum absolute atomic E-state index is 0.140. The number of imidazole rings is 1. The fourth-order valence-corrected chi connectivity index (χ4v) is 2.36. The number of ether oxygens (including phenoxy) is 1. The summed E-state index contributed by atoms with van der Waals surface area (Å²) in [5.74, 6) is -0.140. The number of fused-ring (bicyclic) bond motifs is 1. The van der Waals surface area contributed by atoms with E-state index in [0.29, 0.717) is 12.2 Å². The quantitative estimate of drug-likeness (QED) is 0.910. The molecule has 1 atom stereocenters. The van der Waals surface area contributed by atoms with Gasteiger partial charge in [-0.25, -0.2) is 4.98 Å². The largest absolute Gasteiger partial charge is 0.376 e. The molecule has 1 fully saturated rings. The number of amides is 1. The lowest BCUT2D eigenvalue weighted by Crippen LogP contribution is -2.31. The molecule has 0 saturated carbocycles. The number of rotatable bonds is 3. The number of aromatic nitrogens is 2. The topological polar surface area (TPSA) is 55.6 Å². The molecule has 0 aromatic carbocycles. The SMILES string of the molecule is Cc1cccc2nc(C(=O)NCC3CCCO3)cn12. The molecule has 5 nitrogen and oxygen atoms in total. The van der Waals surface area contributed by atoms with E-state index in [4.69, 9.17) is 4.74 Å². The normalized spacial score (nSPS) is 18.9. The van der Waals surface area contributed by atoms with E-state index >= 15 is 0 Å². The number of hydrogen-bond donors (Lipinski definition) is 1. The van der Waals surface area contributed by atoms with Gasteiger partial charge < -0.3 is 14.5 Å². The van der Waals surface area contributed by atoms with Gasteiger partial charge >= 0.3 is 0 Å². The van der Waals surface area contributed by atoms with Gasteiger partial charge in [0.1, 0.15) is 11.3 Å². The zero-order chi connectivity index (χ0) is 13.2. The second-order valence-electron chi connectivity index (χ2n) is 4.87. The summed E-state index contributed by atoms with van der Waals surface area (Å²) in [5.41, 5.74) is 2.30. The zero-order valence-electron chi connectivity index (χ0n) is 10.9. The molecule has 2 aromatic heterocycles. The van der Waals surface area contributed by atoms with E-state index < -0.39 is 0 Å². The minimum Gasteiger partial charge on any atom is -0.376 e. The molecular weight excluding hydrogens is 242 g/mol. The number of pyridine rings is 1. The van der Waals surface area contributed by atoms with Gasteiger partial charge in [-0.2, -0.15) is 0 Å². The number of carbonyl (C=O) groups is 1. The van der Waals surface area contributed by atoms with E-state index in [1.165, 1.54) is 0 Å². The number of hydrogen-bond acceptors (Lipinski definition) is 3. The van der Waals surface area contributed by atoms with Crippen molar-refractivity contribution < 1.29 is 9.53 Å². The van der Waals surface area contributed by atoms with Crippen LogP contribution in [0.3, 0.4) is 0 Å². The van der Waals surface area contributed by atoms with Crippen LogP contribution in [0.25, 0.3) is 5.65 Å². The Morgan fingerprint density at radius 3 is 3.21 bits per heavy atom. The summed E-state index contributed by atoms with van der Waals surface area (Å²) in [7, 11) is 0. The predicted octanol–water partition coefficient (Wildman–Crippen LogP) is 1.55. The van der Waals surface area contributed by atoms with Crippen molar-refractivity contribution in [3.63, 3.8) is 0 Å². The van der Waals surface area contributed by atoms with Crippen LogP contribution in [0.5, 0.6) is 0 Å². The van der Waals surface area contributed by atoms with Gasteiger partial charge in [-0.15, -0.1) is 0 Å². The molecule has 19 heavy (non-hydrogen) atoms. The molecule has 5 heteroatoms. The fourth-order valence-electron chi connectivity index (χ4n) is 2.36. The molecule has 0 aliphatic carbocycles.